The number of hydrogen-bond acceptors (Lipinski definition) is 6. The summed E-state index contributed by atoms with van der Waals surface area (Å²) in [5, 5.41) is 6.62. The number of ether oxygens (including phenoxy) is 4. The minimum Gasteiger partial charge on any atom is -0.502 e. The third-order valence-corrected chi connectivity index (χ3v) is 7.08. The highest BCUT2D eigenvalue weighted by atomic mass is 16.5. The highest BCUT2D eigenvalue weighted by Crippen LogP contribution is 2.35. The quantitative estimate of drug-likeness (QED) is 0.150. The Morgan fingerprint density at radius 3 is 1.85 bits per heavy atom. The van der Waals surface area contributed by atoms with Gasteiger partial charge in [-0.25, -0.2) is 4.79 Å². The summed E-state index contributed by atoms with van der Waals surface area (Å²) >= 11 is 0. The highest BCUT2D eigenvalue weighted by molar-refractivity contribution is 5.67. The molecule has 0 aromatic carbocycles. The zero-order valence-electron chi connectivity index (χ0n) is 21.1. The molecule has 0 radical (unpaired) electrons. The molecule has 2 rings (SSSR count). The molecule has 0 spiro atoms. The van der Waals surface area contributed by atoms with E-state index in [0.29, 0.717) is 26.0 Å². The van der Waals surface area contributed by atoms with Gasteiger partial charge >= 0.3 is 6.09 Å². The number of alkyl carbamates (subject to hydrolysis) is 1. The summed E-state index contributed by atoms with van der Waals surface area (Å²) in [6.45, 7) is 10.3. The Morgan fingerprint density at radius 1 is 0.735 bits per heavy atom. The van der Waals surface area contributed by atoms with Crippen LogP contribution in [0.1, 0.15) is 83.5 Å². The van der Waals surface area contributed by atoms with Crippen LogP contribution >= 0.6 is 0 Å². The van der Waals surface area contributed by atoms with Gasteiger partial charge in [0.2, 0.25) is 0 Å². The topological polar surface area (TPSA) is 78.1 Å². The van der Waals surface area contributed by atoms with Crippen molar-refractivity contribution in [3.8, 4) is 0 Å². The Kier molecular flexibility index (Phi) is 15.6. The second kappa shape index (κ2) is 18.6. The van der Waals surface area contributed by atoms with Crippen LogP contribution in [0.25, 0.3) is 0 Å². The lowest BCUT2D eigenvalue weighted by Gasteiger charge is -2.34. The Bertz CT molecular complexity index is 543. The van der Waals surface area contributed by atoms with E-state index in [1.807, 2.05) is 0 Å². The number of carbonyl (C=O) groups is 1. The number of amides is 1. The zero-order valence-corrected chi connectivity index (χ0v) is 21.1. The number of nitrogens with one attached hydrogen (secondary N) is 2. The van der Waals surface area contributed by atoms with Crippen LogP contribution in [0, 0.1) is 11.8 Å². The van der Waals surface area contributed by atoms with E-state index in [-0.39, 0.29) is 12.1 Å². The molecular formula is C27H48N2O5. The van der Waals surface area contributed by atoms with Crippen molar-refractivity contribution < 1.29 is 23.7 Å². The van der Waals surface area contributed by atoms with Crippen molar-refractivity contribution in [3.05, 3.63) is 25.7 Å². The second-order valence-corrected chi connectivity index (χ2v) is 9.70. The van der Waals surface area contributed by atoms with Gasteiger partial charge in [0.05, 0.1) is 39.1 Å². The molecule has 2 saturated carbocycles. The monoisotopic (exact) mass is 480 g/mol. The van der Waals surface area contributed by atoms with E-state index in [1.54, 1.807) is 0 Å². The van der Waals surface area contributed by atoms with Crippen molar-refractivity contribution in [2.75, 3.05) is 33.2 Å². The van der Waals surface area contributed by atoms with Crippen LogP contribution in [0.4, 0.5) is 4.79 Å². The van der Waals surface area contributed by atoms with Gasteiger partial charge in [0.1, 0.15) is 0 Å². The van der Waals surface area contributed by atoms with Gasteiger partial charge in [-0.3, -0.25) is 5.32 Å². The molecule has 2 aliphatic rings. The first-order valence-electron chi connectivity index (χ1n) is 13.4. The maximum absolute atomic E-state index is 12.0. The molecule has 0 aliphatic heterocycles. The normalized spacial score (nSPS) is 24.7. The van der Waals surface area contributed by atoms with E-state index in [9.17, 15) is 4.79 Å². The maximum Gasteiger partial charge on any atom is 0.407 e. The molecule has 7 heteroatoms. The first-order valence-corrected chi connectivity index (χ1v) is 13.4. The number of hydrogen-bond donors (Lipinski definition) is 2. The van der Waals surface area contributed by atoms with Crippen LogP contribution < -0.4 is 10.6 Å². The molecule has 2 aliphatic carbocycles. The minimum atomic E-state index is -0.274. The van der Waals surface area contributed by atoms with Crippen LogP contribution in [0.3, 0.4) is 0 Å². The van der Waals surface area contributed by atoms with Crippen LogP contribution in [-0.2, 0) is 18.9 Å². The fourth-order valence-corrected chi connectivity index (χ4v) is 5.08. The van der Waals surface area contributed by atoms with Crippen molar-refractivity contribution in [3.63, 3.8) is 0 Å². The van der Waals surface area contributed by atoms with Gasteiger partial charge in [-0.05, 0) is 95.3 Å². The fraction of sp³-hybridized carbons (Fsp3) is 0.815. The molecule has 2 N–H and O–H groups in total. The van der Waals surface area contributed by atoms with Crippen molar-refractivity contribution in [1.82, 2.24) is 10.6 Å². The van der Waals surface area contributed by atoms with Crippen LogP contribution in [0.15, 0.2) is 25.7 Å². The maximum atomic E-state index is 12.0. The SMILES string of the molecule is C=COCCCCOCNC1CCC(CC2CCC(NC(=O)OCCCCOC=C)CC2)CC1. The third-order valence-electron chi connectivity index (χ3n) is 7.08. The zero-order chi connectivity index (χ0) is 24.3. The minimum absolute atomic E-state index is 0.266. The smallest absolute Gasteiger partial charge is 0.407 e. The van der Waals surface area contributed by atoms with Gasteiger partial charge in [0.15, 0.2) is 0 Å². The van der Waals surface area contributed by atoms with Crippen molar-refractivity contribution >= 4 is 6.09 Å². The molecule has 0 aromatic rings. The van der Waals surface area contributed by atoms with E-state index < -0.39 is 0 Å². The Balaban J connectivity index is 1.44. The van der Waals surface area contributed by atoms with Crippen LogP contribution in [-0.4, -0.2) is 51.3 Å². The lowest BCUT2D eigenvalue weighted by Crippen LogP contribution is -2.38. The van der Waals surface area contributed by atoms with Gasteiger partial charge in [-0.2, -0.15) is 0 Å². The molecule has 0 bridgehead atoms. The molecule has 0 saturated heterocycles. The molecule has 0 unspecified atom stereocenters. The summed E-state index contributed by atoms with van der Waals surface area (Å²) in [6, 6.07) is 0.864. The van der Waals surface area contributed by atoms with Gasteiger partial charge in [-0.15, -0.1) is 0 Å². The van der Waals surface area contributed by atoms with Crippen molar-refractivity contribution in [2.45, 2.75) is 95.6 Å². The van der Waals surface area contributed by atoms with Gasteiger partial charge < -0.3 is 24.3 Å². The molecule has 0 atom stereocenters. The van der Waals surface area contributed by atoms with Crippen LogP contribution in [0.2, 0.25) is 0 Å². The molecule has 0 heterocycles. The molecule has 1 amide bonds. The summed E-state index contributed by atoms with van der Waals surface area (Å²) in [6.07, 6.45) is 17.4. The summed E-state index contributed by atoms with van der Waals surface area (Å²) in [4.78, 5) is 12.0. The third kappa shape index (κ3) is 13.2. The first kappa shape index (κ1) is 28.5. The van der Waals surface area contributed by atoms with E-state index in [0.717, 1.165) is 63.6 Å². The average Bonchev–Trinajstić information content (AvgIpc) is 2.85. The first-order chi connectivity index (χ1) is 16.7. The lowest BCUT2D eigenvalue weighted by atomic mass is 9.76. The van der Waals surface area contributed by atoms with Gasteiger partial charge in [0.25, 0.3) is 0 Å². The fourth-order valence-electron chi connectivity index (χ4n) is 5.08. The Morgan fingerprint density at radius 2 is 1.26 bits per heavy atom. The predicted molar refractivity (Wildman–Crippen MR) is 135 cm³/mol. The summed E-state index contributed by atoms with van der Waals surface area (Å²) in [7, 11) is 0. The molecular weight excluding hydrogens is 432 g/mol. The molecule has 2 fully saturated rings. The van der Waals surface area contributed by atoms with E-state index >= 15 is 0 Å². The lowest BCUT2D eigenvalue weighted by molar-refractivity contribution is 0.0915. The molecule has 7 nitrogen and oxygen atoms in total. The second-order valence-electron chi connectivity index (χ2n) is 9.70. The van der Waals surface area contributed by atoms with Crippen molar-refractivity contribution in [1.29, 1.82) is 0 Å². The predicted octanol–water partition coefficient (Wildman–Crippen LogP) is 5.66. The van der Waals surface area contributed by atoms with Crippen LogP contribution in [0.5, 0.6) is 0 Å². The van der Waals surface area contributed by atoms with Crippen molar-refractivity contribution in [2.24, 2.45) is 11.8 Å². The van der Waals surface area contributed by atoms with E-state index in [4.69, 9.17) is 18.9 Å². The molecule has 196 valence electrons. The van der Waals surface area contributed by atoms with Gasteiger partial charge in [-0.1, -0.05) is 13.2 Å². The summed E-state index contributed by atoms with van der Waals surface area (Å²) in [5.74, 6) is 1.66. The Hall–Kier alpha value is -1.73. The standard InChI is InChI=1S/C27H48N2O5/c1-3-31-17-5-6-19-33-22-28-25-13-9-23(10-14-25)21-24-11-15-26(16-12-24)29-27(30)34-20-8-7-18-32-4-2/h3-4,23-26,28H,1-2,5-22H2,(H,29,30). The van der Waals surface area contributed by atoms with Gasteiger partial charge in [0, 0.05) is 18.7 Å². The van der Waals surface area contributed by atoms with E-state index in [2.05, 4.69) is 23.8 Å². The van der Waals surface area contributed by atoms with E-state index in [1.165, 1.54) is 57.5 Å². The average molecular weight is 481 g/mol. The number of rotatable bonds is 18. The highest BCUT2D eigenvalue weighted by Gasteiger charge is 2.27. The molecule has 0 aromatic heterocycles. The summed E-state index contributed by atoms with van der Waals surface area (Å²) in [5.41, 5.74) is 0. The number of unbranched alkanes of at least 4 members (excludes halogenated alkanes) is 2. The molecule has 34 heavy (non-hydrogen) atoms. The number of carbonyl (C=O) groups excluding carboxylic acids is 1. The Labute approximate surface area is 207 Å². The summed E-state index contributed by atoms with van der Waals surface area (Å²) < 4.78 is 21.2. The largest absolute Gasteiger partial charge is 0.502 e.